The van der Waals surface area contributed by atoms with Gasteiger partial charge in [-0.2, -0.15) is 0 Å². The average molecular weight is 305 g/mol. The maximum Gasteiger partial charge on any atom is 0.222 e. The highest BCUT2D eigenvalue weighted by atomic mass is 79.9. The Labute approximate surface area is 104 Å². The normalized spacial score (nSPS) is 10.8. The molecule has 2 rings (SSSR count). The summed E-state index contributed by atoms with van der Waals surface area (Å²) in [6.07, 6.45) is 0. The smallest absolute Gasteiger partial charge is 0.222 e. The Morgan fingerprint density at radius 3 is 2.93 bits per heavy atom. The number of aromatic nitrogens is 3. The Bertz CT molecular complexity index is 465. The summed E-state index contributed by atoms with van der Waals surface area (Å²) in [6.45, 7) is 0. The molecule has 0 spiro atoms. The highest BCUT2D eigenvalue weighted by Crippen LogP contribution is 2.26. The number of nitrogens with zero attached hydrogens (tertiary/aromatic N) is 3. The summed E-state index contributed by atoms with van der Waals surface area (Å²) >= 11 is 6.75. The molecule has 0 aliphatic rings. The monoisotopic (exact) mass is 304 g/mol. The predicted octanol–water partition coefficient (Wildman–Crippen LogP) is 2.51. The number of anilines is 1. The van der Waals surface area contributed by atoms with Crippen molar-refractivity contribution in [3.8, 4) is 0 Å². The Morgan fingerprint density at radius 2 is 2.40 bits per heavy atom. The van der Waals surface area contributed by atoms with E-state index in [2.05, 4.69) is 37.6 Å². The minimum Gasteiger partial charge on any atom is -0.368 e. The fraction of sp³-hybridized carbons (Fsp3) is 0.250. The molecule has 2 aromatic rings. The van der Waals surface area contributed by atoms with Gasteiger partial charge < -0.3 is 5.73 Å². The molecule has 4 nitrogen and oxygen atoms in total. The zero-order chi connectivity index (χ0) is 10.8. The topological polar surface area (TPSA) is 56.7 Å². The first kappa shape index (κ1) is 11.0. The van der Waals surface area contributed by atoms with Gasteiger partial charge in [-0.25, -0.2) is 0 Å². The lowest BCUT2D eigenvalue weighted by Gasteiger charge is -1.99. The third kappa shape index (κ3) is 2.53. The van der Waals surface area contributed by atoms with Crippen LogP contribution in [0.15, 0.2) is 20.4 Å². The molecule has 0 saturated heterocycles. The van der Waals surface area contributed by atoms with Crippen LogP contribution >= 0.6 is 39.0 Å². The van der Waals surface area contributed by atoms with Crippen LogP contribution in [0.3, 0.4) is 0 Å². The molecule has 0 aromatic carbocycles. The standard InChI is InChI=1S/C8H9BrN4S2/c1-13-7(10)11-12-8(13)15-4-5-2-6(9)14-3-5/h2-3H,4H2,1H3,(H2,10,11). The van der Waals surface area contributed by atoms with Crippen LogP contribution in [0.5, 0.6) is 0 Å². The first-order valence-electron chi connectivity index (χ1n) is 4.17. The fourth-order valence-electron chi connectivity index (χ4n) is 1.02. The van der Waals surface area contributed by atoms with Crippen LogP contribution in [0.1, 0.15) is 5.56 Å². The lowest BCUT2D eigenvalue weighted by molar-refractivity contribution is 0.796. The Hall–Kier alpha value is -0.530. The van der Waals surface area contributed by atoms with E-state index in [0.29, 0.717) is 5.95 Å². The lowest BCUT2D eigenvalue weighted by Crippen LogP contribution is -1.97. The fourth-order valence-corrected chi connectivity index (χ4v) is 3.18. The van der Waals surface area contributed by atoms with Crippen molar-refractivity contribution < 1.29 is 0 Å². The van der Waals surface area contributed by atoms with Crippen LogP contribution in [-0.2, 0) is 12.8 Å². The summed E-state index contributed by atoms with van der Waals surface area (Å²) in [5.41, 5.74) is 6.86. The van der Waals surface area contributed by atoms with Crippen LogP contribution in [0, 0.1) is 0 Å². The van der Waals surface area contributed by atoms with Crippen LogP contribution in [-0.4, -0.2) is 14.8 Å². The van der Waals surface area contributed by atoms with Crippen molar-refractivity contribution >= 4 is 45.0 Å². The maximum atomic E-state index is 5.58. The maximum absolute atomic E-state index is 5.58. The molecule has 7 heteroatoms. The number of nitrogens with two attached hydrogens (primary N) is 1. The van der Waals surface area contributed by atoms with E-state index in [1.807, 2.05) is 7.05 Å². The zero-order valence-electron chi connectivity index (χ0n) is 7.98. The first-order valence-corrected chi connectivity index (χ1v) is 6.83. The van der Waals surface area contributed by atoms with E-state index in [1.54, 1.807) is 27.7 Å². The van der Waals surface area contributed by atoms with Crippen molar-refractivity contribution in [1.82, 2.24) is 14.8 Å². The molecule has 0 saturated carbocycles. The van der Waals surface area contributed by atoms with Gasteiger partial charge in [0.05, 0.1) is 3.79 Å². The van der Waals surface area contributed by atoms with E-state index >= 15 is 0 Å². The van der Waals surface area contributed by atoms with E-state index < -0.39 is 0 Å². The summed E-state index contributed by atoms with van der Waals surface area (Å²) in [5.74, 6) is 1.33. The number of thioether (sulfide) groups is 1. The van der Waals surface area contributed by atoms with Crippen LogP contribution < -0.4 is 5.73 Å². The second kappa shape index (κ2) is 4.54. The van der Waals surface area contributed by atoms with E-state index in [4.69, 9.17) is 5.73 Å². The molecule has 0 radical (unpaired) electrons. The Balaban J connectivity index is 2.02. The molecule has 0 fully saturated rings. The minimum atomic E-state index is 0.448. The van der Waals surface area contributed by atoms with Crippen molar-refractivity contribution in [2.45, 2.75) is 10.9 Å². The molecule has 2 aromatic heterocycles. The van der Waals surface area contributed by atoms with Crippen molar-refractivity contribution in [2.24, 2.45) is 7.05 Å². The molecule has 15 heavy (non-hydrogen) atoms. The summed E-state index contributed by atoms with van der Waals surface area (Å²) in [4.78, 5) is 0. The summed E-state index contributed by atoms with van der Waals surface area (Å²) in [6, 6.07) is 2.11. The zero-order valence-corrected chi connectivity index (χ0v) is 11.2. The van der Waals surface area contributed by atoms with Crippen molar-refractivity contribution in [3.05, 3.63) is 20.8 Å². The van der Waals surface area contributed by atoms with E-state index in [0.717, 1.165) is 14.7 Å². The quantitative estimate of drug-likeness (QED) is 0.885. The van der Waals surface area contributed by atoms with Crippen LogP contribution in [0.4, 0.5) is 5.95 Å². The molecule has 80 valence electrons. The van der Waals surface area contributed by atoms with Gasteiger partial charge in [0.1, 0.15) is 0 Å². The number of thiophene rings is 1. The van der Waals surface area contributed by atoms with Gasteiger partial charge in [-0.1, -0.05) is 11.8 Å². The van der Waals surface area contributed by atoms with Gasteiger partial charge in [-0.05, 0) is 32.9 Å². The van der Waals surface area contributed by atoms with E-state index in [1.165, 1.54) is 5.56 Å². The third-order valence-electron chi connectivity index (χ3n) is 1.86. The molecule has 0 aliphatic carbocycles. The number of halogens is 1. The first-order chi connectivity index (χ1) is 7.16. The van der Waals surface area contributed by atoms with E-state index in [-0.39, 0.29) is 0 Å². The summed E-state index contributed by atoms with van der Waals surface area (Å²) in [7, 11) is 1.86. The lowest BCUT2D eigenvalue weighted by atomic mass is 10.4. The molecule has 0 aliphatic heterocycles. The summed E-state index contributed by atoms with van der Waals surface area (Å²) < 4.78 is 2.93. The molecule has 2 heterocycles. The van der Waals surface area contributed by atoms with Gasteiger partial charge in [0.25, 0.3) is 0 Å². The second-order valence-electron chi connectivity index (χ2n) is 2.95. The van der Waals surface area contributed by atoms with Gasteiger partial charge in [0, 0.05) is 12.8 Å². The highest BCUT2D eigenvalue weighted by Gasteiger charge is 2.06. The van der Waals surface area contributed by atoms with Crippen molar-refractivity contribution in [2.75, 3.05) is 5.73 Å². The Kier molecular flexibility index (Phi) is 3.32. The molecule has 0 atom stereocenters. The molecular formula is C8H9BrN4S2. The predicted molar refractivity (Wildman–Crippen MR) is 67.0 cm³/mol. The minimum absolute atomic E-state index is 0.448. The molecular weight excluding hydrogens is 296 g/mol. The van der Waals surface area contributed by atoms with Crippen LogP contribution in [0.25, 0.3) is 0 Å². The van der Waals surface area contributed by atoms with Crippen molar-refractivity contribution in [1.29, 1.82) is 0 Å². The summed E-state index contributed by atoms with van der Waals surface area (Å²) in [5, 5.41) is 10.7. The number of hydrogen-bond acceptors (Lipinski definition) is 5. The highest BCUT2D eigenvalue weighted by molar-refractivity contribution is 9.11. The third-order valence-corrected chi connectivity index (χ3v) is 4.50. The van der Waals surface area contributed by atoms with Gasteiger partial charge in [0.15, 0.2) is 5.16 Å². The van der Waals surface area contributed by atoms with Crippen molar-refractivity contribution in [3.63, 3.8) is 0 Å². The van der Waals surface area contributed by atoms with Gasteiger partial charge in [-0.15, -0.1) is 21.5 Å². The van der Waals surface area contributed by atoms with E-state index in [9.17, 15) is 0 Å². The molecule has 0 amide bonds. The molecule has 0 bridgehead atoms. The number of nitrogen functional groups attached to an aromatic ring is 1. The largest absolute Gasteiger partial charge is 0.368 e. The van der Waals surface area contributed by atoms with Crippen LogP contribution in [0.2, 0.25) is 0 Å². The second-order valence-corrected chi connectivity index (χ2v) is 6.18. The SMILES string of the molecule is Cn1c(N)nnc1SCc1csc(Br)c1. The van der Waals surface area contributed by atoms with Gasteiger partial charge in [0.2, 0.25) is 5.95 Å². The molecule has 0 unspecified atom stereocenters. The number of rotatable bonds is 3. The molecule has 2 N–H and O–H groups in total. The van der Waals surface area contributed by atoms with Gasteiger partial charge in [-0.3, -0.25) is 4.57 Å². The average Bonchev–Trinajstić information content (AvgIpc) is 2.74. The van der Waals surface area contributed by atoms with Gasteiger partial charge >= 0.3 is 0 Å². The number of hydrogen-bond donors (Lipinski definition) is 1. The Morgan fingerprint density at radius 1 is 1.60 bits per heavy atom.